The lowest BCUT2D eigenvalue weighted by Crippen LogP contribution is -2.07. The van der Waals surface area contributed by atoms with Crippen molar-refractivity contribution in [1.29, 1.82) is 0 Å². The normalized spacial score (nSPS) is 10.3. The molecule has 0 atom stereocenters. The van der Waals surface area contributed by atoms with Crippen LogP contribution in [0.5, 0.6) is 11.5 Å². The quantitative estimate of drug-likeness (QED) is 0.352. The van der Waals surface area contributed by atoms with Gasteiger partial charge in [-0.25, -0.2) is 9.79 Å². The summed E-state index contributed by atoms with van der Waals surface area (Å²) in [6.45, 7) is 1.95. The van der Waals surface area contributed by atoms with Crippen molar-refractivity contribution in [3.05, 3.63) is 17.7 Å². The molecule has 0 aromatic heterocycles. The van der Waals surface area contributed by atoms with Gasteiger partial charge in [0.1, 0.15) is 6.34 Å². The Balaban J connectivity index is 3.30. The van der Waals surface area contributed by atoms with Crippen molar-refractivity contribution in [2.24, 2.45) is 4.99 Å². The molecule has 0 amide bonds. The van der Waals surface area contributed by atoms with E-state index >= 15 is 0 Å². The number of ether oxygens (including phenoxy) is 3. The number of esters is 1. The van der Waals surface area contributed by atoms with Crippen LogP contribution < -0.4 is 15.0 Å². The van der Waals surface area contributed by atoms with E-state index in [1.807, 2.05) is 0 Å². The summed E-state index contributed by atoms with van der Waals surface area (Å²) in [4.78, 5) is 15.7. The van der Waals surface area contributed by atoms with Gasteiger partial charge in [-0.2, -0.15) is 0 Å². The highest BCUT2D eigenvalue weighted by molar-refractivity contribution is 5.96. The summed E-state index contributed by atoms with van der Waals surface area (Å²) in [7, 11) is 2.94. The molecule has 0 fully saturated rings. The van der Waals surface area contributed by atoms with Gasteiger partial charge in [0.05, 0.1) is 32.1 Å². The lowest BCUT2D eigenvalue weighted by Gasteiger charge is -2.11. The van der Waals surface area contributed by atoms with Gasteiger partial charge in [-0.1, -0.05) is 0 Å². The van der Waals surface area contributed by atoms with Gasteiger partial charge < -0.3 is 14.2 Å². The van der Waals surface area contributed by atoms with Crippen LogP contribution in [-0.2, 0) is 4.74 Å². The first-order valence-corrected chi connectivity index (χ1v) is 5.53. The van der Waals surface area contributed by atoms with Crippen molar-refractivity contribution >= 4 is 18.0 Å². The molecule has 1 aromatic carbocycles. The fourth-order valence-electron chi connectivity index (χ4n) is 1.45. The summed E-state index contributed by atoms with van der Waals surface area (Å²) in [5, 5.41) is 8.52. The Morgan fingerprint density at radius 3 is 2.53 bits per heavy atom. The van der Waals surface area contributed by atoms with Crippen molar-refractivity contribution in [1.82, 2.24) is 5.48 Å². The monoisotopic (exact) mass is 268 g/mol. The maximum Gasteiger partial charge on any atom is 0.340 e. The molecule has 0 aliphatic heterocycles. The third-order valence-corrected chi connectivity index (χ3v) is 2.26. The van der Waals surface area contributed by atoms with Gasteiger partial charge in [0.2, 0.25) is 0 Å². The van der Waals surface area contributed by atoms with Crippen molar-refractivity contribution in [3.63, 3.8) is 0 Å². The number of aliphatic imine (C=N–C) groups is 1. The molecule has 0 heterocycles. The molecule has 0 bridgehead atoms. The van der Waals surface area contributed by atoms with E-state index in [1.165, 1.54) is 26.4 Å². The number of hydrogen-bond donors (Lipinski definition) is 2. The molecular formula is C12H16N2O5. The molecule has 1 aromatic rings. The fourth-order valence-corrected chi connectivity index (χ4v) is 1.45. The van der Waals surface area contributed by atoms with E-state index in [1.54, 1.807) is 12.4 Å². The first-order chi connectivity index (χ1) is 9.17. The summed E-state index contributed by atoms with van der Waals surface area (Å²) in [6, 6.07) is 2.99. The molecule has 7 nitrogen and oxygen atoms in total. The topological polar surface area (TPSA) is 89.4 Å². The van der Waals surface area contributed by atoms with Gasteiger partial charge >= 0.3 is 5.97 Å². The highest BCUT2D eigenvalue weighted by Crippen LogP contribution is 2.35. The van der Waals surface area contributed by atoms with Crippen LogP contribution in [0.25, 0.3) is 0 Å². The minimum Gasteiger partial charge on any atom is -0.493 e. The summed E-state index contributed by atoms with van der Waals surface area (Å²) >= 11 is 0. The summed E-state index contributed by atoms with van der Waals surface area (Å²) < 4.78 is 15.2. The second kappa shape index (κ2) is 7.22. The largest absolute Gasteiger partial charge is 0.493 e. The molecule has 0 aliphatic rings. The van der Waals surface area contributed by atoms with Crippen molar-refractivity contribution in [2.45, 2.75) is 6.92 Å². The number of methoxy groups -OCH3 is 2. The van der Waals surface area contributed by atoms with Crippen LogP contribution in [0.15, 0.2) is 17.1 Å². The van der Waals surface area contributed by atoms with Gasteiger partial charge in [-0.15, -0.1) is 0 Å². The number of carbonyl (C=O) groups is 1. The van der Waals surface area contributed by atoms with Gasteiger partial charge in [-0.3, -0.25) is 10.7 Å². The van der Waals surface area contributed by atoms with Crippen LogP contribution in [-0.4, -0.2) is 38.3 Å². The number of nitrogens with one attached hydrogen (secondary N) is 1. The van der Waals surface area contributed by atoms with Crippen molar-refractivity contribution in [3.8, 4) is 11.5 Å². The second-order valence-corrected chi connectivity index (χ2v) is 3.33. The fraction of sp³-hybridized carbons (Fsp3) is 0.333. The predicted molar refractivity (Wildman–Crippen MR) is 68.6 cm³/mol. The standard InChI is InChI=1S/C12H16N2O5/c1-4-19-12(15)8-5-10(17-2)11(18-3)6-9(8)13-7-14-16/h5-7,16H,4H2,1-3H3,(H,13,14). The Morgan fingerprint density at radius 2 is 2.00 bits per heavy atom. The SMILES string of the molecule is CCOC(=O)c1cc(OC)c(OC)cc1N=CNO. The number of benzene rings is 1. The molecule has 0 unspecified atom stereocenters. The van der Waals surface area contributed by atoms with E-state index in [9.17, 15) is 4.79 Å². The zero-order valence-corrected chi connectivity index (χ0v) is 11.0. The van der Waals surface area contributed by atoms with E-state index in [2.05, 4.69) is 4.99 Å². The molecule has 7 heteroatoms. The Hall–Kier alpha value is -2.28. The maximum atomic E-state index is 11.8. The average molecular weight is 268 g/mol. The molecule has 0 radical (unpaired) electrons. The Morgan fingerprint density at radius 1 is 1.37 bits per heavy atom. The maximum absolute atomic E-state index is 11.8. The molecule has 2 N–H and O–H groups in total. The van der Waals surface area contributed by atoms with Crippen LogP contribution in [0.1, 0.15) is 17.3 Å². The predicted octanol–water partition coefficient (Wildman–Crippen LogP) is 1.52. The van der Waals surface area contributed by atoms with Crippen LogP contribution in [0.4, 0.5) is 5.69 Å². The van der Waals surface area contributed by atoms with E-state index in [4.69, 9.17) is 19.4 Å². The van der Waals surface area contributed by atoms with E-state index in [-0.39, 0.29) is 17.9 Å². The Kier molecular flexibility index (Phi) is 5.62. The van der Waals surface area contributed by atoms with E-state index in [0.717, 1.165) is 6.34 Å². The number of carbonyl (C=O) groups excluding carboxylic acids is 1. The van der Waals surface area contributed by atoms with Crippen molar-refractivity contribution < 1.29 is 24.2 Å². The number of hydroxylamine groups is 1. The minimum absolute atomic E-state index is 0.214. The number of rotatable bonds is 6. The van der Waals surface area contributed by atoms with E-state index in [0.29, 0.717) is 11.5 Å². The van der Waals surface area contributed by atoms with Gasteiger partial charge in [-0.05, 0) is 6.92 Å². The van der Waals surface area contributed by atoms with Crippen LogP contribution >= 0.6 is 0 Å². The molecule has 19 heavy (non-hydrogen) atoms. The third kappa shape index (κ3) is 3.59. The Bertz CT molecular complexity index is 473. The second-order valence-electron chi connectivity index (χ2n) is 3.33. The highest BCUT2D eigenvalue weighted by atomic mass is 16.5. The summed E-state index contributed by atoms with van der Waals surface area (Å²) in [5.74, 6) is 0.274. The smallest absolute Gasteiger partial charge is 0.340 e. The lowest BCUT2D eigenvalue weighted by atomic mass is 10.1. The number of hydrogen-bond acceptors (Lipinski definition) is 6. The van der Waals surface area contributed by atoms with E-state index < -0.39 is 5.97 Å². The van der Waals surface area contributed by atoms with Crippen molar-refractivity contribution in [2.75, 3.05) is 20.8 Å². The Labute approximate surface area is 110 Å². The number of nitrogens with zero attached hydrogens (tertiary/aromatic N) is 1. The molecule has 0 spiro atoms. The molecule has 0 saturated heterocycles. The average Bonchev–Trinajstić information content (AvgIpc) is 2.44. The zero-order valence-electron chi connectivity index (χ0n) is 11.0. The highest BCUT2D eigenvalue weighted by Gasteiger charge is 2.17. The van der Waals surface area contributed by atoms with Crippen LogP contribution in [0, 0.1) is 0 Å². The zero-order chi connectivity index (χ0) is 14.3. The van der Waals surface area contributed by atoms with Gasteiger partial charge in [0, 0.05) is 12.1 Å². The summed E-state index contributed by atoms with van der Waals surface area (Å²) in [5.41, 5.74) is 2.27. The molecular weight excluding hydrogens is 252 g/mol. The first-order valence-electron chi connectivity index (χ1n) is 5.53. The van der Waals surface area contributed by atoms with Gasteiger partial charge in [0.25, 0.3) is 0 Å². The lowest BCUT2D eigenvalue weighted by molar-refractivity contribution is 0.0527. The molecule has 0 aliphatic carbocycles. The van der Waals surface area contributed by atoms with Crippen LogP contribution in [0.3, 0.4) is 0 Å². The van der Waals surface area contributed by atoms with Gasteiger partial charge in [0.15, 0.2) is 11.5 Å². The first kappa shape index (κ1) is 14.8. The minimum atomic E-state index is -0.534. The molecule has 104 valence electrons. The molecule has 0 saturated carbocycles. The molecule has 1 rings (SSSR count). The third-order valence-electron chi connectivity index (χ3n) is 2.26. The summed E-state index contributed by atoms with van der Waals surface area (Å²) in [6.07, 6.45) is 1.03. The van der Waals surface area contributed by atoms with Crippen LogP contribution in [0.2, 0.25) is 0 Å².